The van der Waals surface area contributed by atoms with Crippen LogP contribution in [-0.2, 0) is 17.9 Å². The fourth-order valence-electron chi connectivity index (χ4n) is 2.23. The zero-order chi connectivity index (χ0) is 16.4. The standard InChI is InChI=1S/C16H14BrN3O3/c1-19(8-12-3-2-6-23-12)15(21)9-20-10-18-14-5-4-11(17)7-13(14)16(20)22/h2-7,10H,8-9H2,1H3. The predicted octanol–water partition coefficient (Wildman–Crippen LogP) is 2.41. The van der Waals surface area contributed by atoms with Gasteiger partial charge in [0.2, 0.25) is 5.91 Å². The average molecular weight is 376 g/mol. The molecule has 0 saturated heterocycles. The van der Waals surface area contributed by atoms with Gasteiger partial charge in [0.1, 0.15) is 12.3 Å². The van der Waals surface area contributed by atoms with Crippen molar-refractivity contribution in [3.8, 4) is 0 Å². The molecule has 0 saturated carbocycles. The number of benzene rings is 1. The van der Waals surface area contributed by atoms with Gasteiger partial charge >= 0.3 is 0 Å². The molecule has 2 heterocycles. The van der Waals surface area contributed by atoms with E-state index in [4.69, 9.17) is 4.42 Å². The molecular formula is C16H14BrN3O3. The van der Waals surface area contributed by atoms with Crippen molar-refractivity contribution in [1.82, 2.24) is 14.5 Å². The molecule has 23 heavy (non-hydrogen) atoms. The van der Waals surface area contributed by atoms with Gasteiger partial charge in [-0.05, 0) is 30.3 Å². The van der Waals surface area contributed by atoms with Crippen molar-refractivity contribution < 1.29 is 9.21 Å². The van der Waals surface area contributed by atoms with Crippen molar-refractivity contribution in [2.75, 3.05) is 7.05 Å². The highest BCUT2D eigenvalue weighted by molar-refractivity contribution is 9.10. The number of carbonyl (C=O) groups excluding carboxylic acids is 1. The van der Waals surface area contributed by atoms with Crippen molar-refractivity contribution >= 4 is 32.7 Å². The Hall–Kier alpha value is -2.41. The smallest absolute Gasteiger partial charge is 0.261 e. The second-order valence-electron chi connectivity index (χ2n) is 5.17. The number of nitrogens with zero attached hydrogens (tertiary/aromatic N) is 3. The highest BCUT2D eigenvalue weighted by Crippen LogP contribution is 2.14. The molecule has 0 aliphatic heterocycles. The van der Waals surface area contributed by atoms with Gasteiger partial charge in [-0.25, -0.2) is 4.98 Å². The summed E-state index contributed by atoms with van der Waals surface area (Å²) in [5.74, 6) is 0.494. The van der Waals surface area contributed by atoms with Gasteiger partial charge < -0.3 is 9.32 Å². The van der Waals surface area contributed by atoms with Crippen LogP contribution in [0, 0.1) is 0 Å². The lowest BCUT2D eigenvalue weighted by molar-refractivity contribution is -0.131. The van der Waals surface area contributed by atoms with E-state index in [2.05, 4.69) is 20.9 Å². The molecule has 3 rings (SSSR count). The zero-order valence-corrected chi connectivity index (χ0v) is 14.0. The van der Waals surface area contributed by atoms with Crippen molar-refractivity contribution in [1.29, 1.82) is 0 Å². The monoisotopic (exact) mass is 375 g/mol. The highest BCUT2D eigenvalue weighted by atomic mass is 79.9. The summed E-state index contributed by atoms with van der Waals surface area (Å²) in [4.78, 5) is 30.5. The number of aromatic nitrogens is 2. The number of hydrogen-bond acceptors (Lipinski definition) is 4. The van der Waals surface area contributed by atoms with E-state index < -0.39 is 0 Å². The topological polar surface area (TPSA) is 68.3 Å². The Kier molecular flexibility index (Phi) is 4.29. The maximum absolute atomic E-state index is 12.5. The molecule has 7 heteroatoms. The maximum Gasteiger partial charge on any atom is 0.261 e. The largest absolute Gasteiger partial charge is 0.467 e. The molecule has 0 fully saturated rings. The molecule has 0 aliphatic carbocycles. The average Bonchev–Trinajstić information content (AvgIpc) is 3.03. The van der Waals surface area contributed by atoms with Gasteiger partial charge in [0.05, 0.1) is 30.0 Å². The second kappa shape index (κ2) is 6.37. The van der Waals surface area contributed by atoms with Crippen LogP contribution < -0.4 is 5.56 Å². The molecule has 2 aromatic heterocycles. The summed E-state index contributed by atoms with van der Waals surface area (Å²) < 4.78 is 7.33. The van der Waals surface area contributed by atoms with E-state index in [0.717, 1.165) is 4.47 Å². The number of carbonyl (C=O) groups is 1. The first-order valence-corrected chi connectivity index (χ1v) is 7.75. The van der Waals surface area contributed by atoms with Gasteiger partial charge in [-0.2, -0.15) is 0 Å². The third kappa shape index (κ3) is 3.34. The number of furan rings is 1. The lowest BCUT2D eigenvalue weighted by atomic mass is 10.2. The first kappa shape index (κ1) is 15.5. The van der Waals surface area contributed by atoms with Crippen LogP contribution in [0.5, 0.6) is 0 Å². The first-order chi connectivity index (χ1) is 11.0. The quantitative estimate of drug-likeness (QED) is 0.701. The van der Waals surface area contributed by atoms with Crippen molar-refractivity contribution in [3.05, 3.63) is 63.5 Å². The maximum atomic E-state index is 12.5. The van der Waals surface area contributed by atoms with Gasteiger partial charge in [-0.15, -0.1) is 0 Å². The van der Waals surface area contributed by atoms with E-state index in [1.165, 1.54) is 15.8 Å². The van der Waals surface area contributed by atoms with E-state index in [9.17, 15) is 9.59 Å². The van der Waals surface area contributed by atoms with E-state index in [-0.39, 0.29) is 18.0 Å². The molecule has 0 N–H and O–H groups in total. The Morgan fingerprint density at radius 1 is 1.39 bits per heavy atom. The van der Waals surface area contributed by atoms with Gasteiger partial charge in [-0.3, -0.25) is 14.2 Å². The Labute approximate surface area is 140 Å². The van der Waals surface area contributed by atoms with Crippen LogP contribution >= 0.6 is 15.9 Å². The minimum atomic E-state index is -0.240. The molecule has 0 radical (unpaired) electrons. The third-order valence-electron chi connectivity index (χ3n) is 3.49. The van der Waals surface area contributed by atoms with Gasteiger partial charge in [0.15, 0.2) is 0 Å². The summed E-state index contributed by atoms with van der Waals surface area (Å²) in [6.45, 7) is 0.290. The zero-order valence-electron chi connectivity index (χ0n) is 12.4. The Morgan fingerprint density at radius 3 is 2.96 bits per heavy atom. The summed E-state index contributed by atoms with van der Waals surface area (Å²) in [6, 6.07) is 8.85. The molecule has 0 bridgehead atoms. The molecule has 0 aliphatic rings. The van der Waals surface area contributed by atoms with Crippen molar-refractivity contribution in [2.24, 2.45) is 0 Å². The van der Waals surface area contributed by atoms with Crippen LogP contribution in [0.3, 0.4) is 0 Å². The minimum Gasteiger partial charge on any atom is -0.467 e. The summed E-state index contributed by atoms with van der Waals surface area (Å²) in [5.41, 5.74) is 0.363. The molecule has 0 atom stereocenters. The highest BCUT2D eigenvalue weighted by Gasteiger charge is 2.13. The van der Waals surface area contributed by atoms with Crippen LogP contribution in [0.15, 0.2) is 56.6 Å². The van der Waals surface area contributed by atoms with Gasteiger partial charge in [0.25, 0.3) is 5.56 Å². The lowest BCUT2D eigenvalue weighted by Gasteiger charge is -2.16. The number of fused-ring (bicyclic) bond motifs is 1. The Balaban J connectivity index is 1.82. The summed E-state index contributed by atoms with van der Waals surface area (Å²) in [6.07, 6.45) is 2.96. The molecule has 118 valence electrons. The molecule has 1 aromatic carbocycles. The normalized spacial score (nSPS) is 10.9. The van der Waals surface area contributed by atoms with E-state index >= 15 is 0 Å². The van der Waals surface area contributed by atoms with E-state index in [0.29, 0.717) is 23.2 Å². The van der Waals surface area contributed by atoms with Crippen LogP contribution in [-0.4, -0.2) is 27.4 Å². The number of likely N-dealkylation sites (N-methyl/N-ethyl adjacent to an activating group) is 1. The van der Waals surface area contributed by atoms with Crippen LogP contribution in [0.4, 0.5) is 0 Å². The first-order valence-electron chi connectivity index (χ1n) is 6.95. The van der Waals surface area contributed by atoms with Crippen LogP contribution in [0.25, 0.3) is 10.9 Å². The number of amides is 1. The van der Waals surface area contributed by atoms with Crippen molar-refractivity contribution in [3.63, 3.8) is 0 Å². The summed E-state index contributed by atoms with van der Waals surface area (Å²) in [5, 5.41) is 0.475. The van der Waals surface area contributed by atoms with Crippen LogP contribution in [0.2, 0.25) is 0 Å². The SMILES string of the molecule is CN(Cc1ccco1)C(=O)Cn1cnc2ccc(Br)cc2c1=O. The second-order valence-corrected chi connectivity index (χ2v) is 6.08. The van der Waals surface area contributed by atoms with Crippen molar-refractivity contribution in [2.45, 2.75) is 13.1 Å². The van der Waals surface area contributed by atoms with E-state index in [1.807, 2.05) is 6.07 Å². The van der Waals surface area contributed by atoms with Gasteiger partial charge in [-0.1, -0.05) is 15.9 Å². The van der Waals surface area contributed by atoms with Gasteiger partial charge in [0, 0.05) is 11.5 Å². The Bertz CT molecular complexity index is 903. The molecule has 3 aromatic rings. The third-order valence-corrected chi connectivity index (χ3v) is 3.98. The fraction of sp³-hybridized carbons (Fsp3) is 0.188. The number of halogens is 1. The van der Waals surface area contributed by atoms with Crippen LogP contribution in [0.1, 0.15) is 5.76 Å². The molecule has 6 nitrogen and oxygen atoms in total. The number of rotatable bonds is 4. The predicted molar refractivity (Wildman–Crippen MR) is 88.9 cm³/mol. The molecular weight excluding hydrogens is 362 g/mol. The lowest BCUT2D eigenvalue weighted by Crippen LogP contribution is -2.33. The Morgan fingerprint density at radius 2 is 2.22 bits per heavy atom. The summed E-state index contributed by atoms with van der Waals surface area (Å²) in [7, 11) is 1.67. The summed E-state index contributed by atoms with van der Waals surface area (Å²) >= 11 is 3.34. The fourth-order valence-corrected chi connectivity index (χ4v) is 2.60. The molecule has 1 amide bonds. The van der Waals surface area contributed by atoms with E-state index in [1.54, 1.807) is 37.6 Å². The molecule has 0 spiro atoms. The number of hydrogen-bond donors (Lipinski definition) is 0. The minimum absolute atomic E-state index is 0.0640. The molecule has 0 unspecified atom stereocenters.